The molecule has 0 amide bonds. The van der Waals surface area contributed by atoms with Crippen molar-refractivity contribution in [2.45, 2.75) is 19.4 Å². The van der Waals surface area contributed by atoms with E-state index < -0.39 is 11.6 Å². The Bertz CT molecular complexity index is 375. The molecule has 1 saturated heterocycles. The SMILES string of the molecule is CNC1CCN(c2cc(F)cc(F)c2)CC1C. The van der Waals surface area contributed by atoms with Crippen molar-refractivity contribution in [3.05, 3.63) is 29.8 Å². The van der Waals surface area contributed by atoms with E-state index in [9.17, 15) is 8.78 Å². The Labute approximate surface area is 101 Å². The molecule has 1 heterocycles. The molecule has 0 aliphatic carbocycles. The zero-order valence-electron chi connectivity index (χ0n) is 10.2. The normalized spacial score (nSPS) is 25.1. The van der Waals surface area contributed by atoms with Gasteiger partial charge in [0.2, 0.25) is 0 Å². The van der Waals surface area contributed by atoms with E-state index in [-0.39, 0.29) is 0 Å². The molecule has 1 aliphatic heterocycles. The van der Waals surface area contributed by atoms with Gasteiger partial charge in [-0.1, -0.05) is 6.92 Å². The van der Waals surface area contributed by atoms with Crippen LogP contribution in [0.5, 0.6) is 0 Å². The summed E-state index contributed by atoms with van der Waals surface area (Å²) in [6.45, 7) is 3.82. The standard InChI is InChI=1S/C13H18F2N2/c1-9-8-17(4-3-13(9)16-2)12-6-10(14)5-11(15)7-12/h5-7,9,13,16H,3-4,8H2,1-2H3. The summed E-state index contributed by atoms with van der Waals surface area (Å²) in [5, 5.41) is 3.27. The van der Waals surface area contributed by atoms with Crippen LogP contribution >= 0.6 is 0 Å². The second kappa shape index (κ2) is 5.00. The fourth-order valence-corrected chi connectivity index (χ4v) is 2.53. The van der Waals surface area contributed by atoms with Crippen LogP contribution in [0.15, 0.2) is 18.2 Å². The highest BCUT2D eigenvalue weighted by Crippen LogP contribution is 2.24. The minimum atomic E-state index is -0.511. The molecule has 4 heteroatoms. The third kappa shape index (κ3) is 2.75. The number of hydrogen-bond acceptors (Lipinski definition) is 2. The van der Waals surface area contributed by atoms with Crippen molar-refractivity contribution in [1.82, 2.24) is 5.32 Å². The molecule has 17 heavy (non-hydrogen) atoms. The van der Waals surface area contributed by atoms with Crippen LogP contribution in [0.3, 0.4) is 0 Å². The van der Waals surface area contributed by atoms with E-state index in [1.165, 1.54) is 12.1 Å². The van der Waals surface area contributed by atoms with Gasteiger partial charge < -0.3 is 10.2 Å². The summed E-state index contributed by atoms with van der Waals surface area (Å²) in [6, 6.07) is 4.20. The minimum Gasteiger partial charge on any atom is -0.371 e. The van der Waals surface area contributed by atoms with Gasteiger partial charge in [0.25, 0.3) is 0 Å². The first-order valence-electron chi connectivity index (χ1n) is 5.98. The van der Waals surface area contributed by atoms with Crippen LogP contribution < -0.4 is 10.2 Å². The first-order chi connectivity index (χ1) is 8.10. The number of anilines is 1. The van der Waals surface area contributed by atoms with Crippen molar-refractivity contribution in [3.8, 4) is 0 Å². The summed E-state index contributed by atoms with van der Waals surface area (Å²) in [4.78, 5) is 2.05. The van der Waals surface area contributed by atoms with Crippen molar-refractivity contribution >= 4 is 5.69 Å². The topological polar surface area (TPSA) is 15.3 Å². The maximum Gasteiger partial charge on any atom is 0.128 e. The predicted molar refractivity (Wildman–Crippen MR) is 65.2 cm³/mol. The van der Waals surface area contributed by atoms with E-state index in [1.807, 2.05) is 11.9 Å². The Hall–Kier alpha value is -1.16. The van der Waals surface area contributed by atoms with Crippen LogP contribution in [0.25, 0.3) is 0 Å². The molecule has 2 nitrogen and oxygen atoms in total. The van der Waals surface area contributed by atoms with E-state index in [2.05, 4.69) is 12.2 Å². The molecule has 0 radical (unpaired) electrons. The highest BCUT2D eigenvalue weighted by atomic mass is 19.1. The average molecular weight is 240 g/mol. The number of rotatable bonds is 2. The van der Waals surface area contributed by atoms with Gasteiger partial charge in [-0.2, -0.15) is 0 Å². The Morgan fingerprint density at radius 2 is 1.88 bits per heavy atom. The maximum absolute atomic E-state index is 13.1. The second-order valence-electron chi connectivity index (χ2n) is 4.73. The van der Waals surface area contributed by atoms with Crippen molar-refractivity contribution < 1.29 is 8.78 Å². The highest BCUT2D eigenvalue weighted by Gasteiger charge is 2.25. The van der Waals surface area contributed by atoms with E-state index in [0.717, 1.165) is 25.6 Å². The number of halogens is 2. The Morgan fingerprint density at radius 3 is 2.41 bits per heavy atom. The van der Waals surface area contributed by atoms with Crippen molar-refractivity contribution in [1.29, 1.82) is 0 Å². The van der Waals surface area contributed by atoms with E-state index in [1.54, 1.807) is 0 Å². The summed E-state index contributed by atoms with van der Waals surface area (Å²) in [7, 11) is 1.96. The molecular weight excluding hydrogens is 222 g/mol. The van der Waals surface area contributed by atoms with Gasteiger partial charge in [-0.3, -0.25) is 0 Å². The molecule has 1 fully saturated rings. The summed E-state index contributed by atoms with van der Waals surface area (Å²) >= 11 is 0. The smallest absolute Gasteiger partial charge is 0.128 e. The molecule has 2 atom stereocenters. The van der Waals surface area contributed by atoms with Crippen molar-refractivity contribution in [3.63, 3.8) is 0 Å². The molecule has 94 valence electrons. The first kappa shape index (κ1) is 12.3. The van der Waals surface area contributed by atoms with Gasteiger partial charge in [0.1, 0.15) is 11.6 Å². The largest absolute Gasteiger partial charge is 0.371 e. The number of nitrogens with one attached hydrogen (secondary N) is 1. The van der Waals surface area contributed by atoms with Crippen LogP contribution in [0.1, 0.15) is 13.3 Å². The lowest BCUT2D eigenvalue weighted by Gasteiger charge is -2.38. The van der Waals surface area contributed by atoms with Gasteiger partial charge in [-0.15, -0.1) is 0 Å². The van der Waals surface area contributed by atoms with Gasteiger partial charge in [0.15, 0.2) is 0 Å². The summed E-state index contributed by atoms with van der Waals surface area (Å²) in [6.07, 6.45) is 0.996. The Morgan fingerprint density at radius 1 is 1.24 bits per heavy atom. The number of benzene rings is 1. The quantitative estimate of drug-likeness (QED) is 0.854. The van der Waals surface area contributed by atoms with Gasteiger partial charge in [-0.05, 0) is 31.5 Å². The van der Waals surface area contributed by atoms with Crippen LogP contribution in [0.4, 0.5) is 14.5 Å². The maximum atomic E-state index is 13.1. The molecule has 0 aromatic heterocycles. The summed E-state index contributed by atoms with van der Waals surface area (Å²) in [5.41, 5.74) is 0.643. The highest BCUT2D eigenvalue weighted by molar-refractivity contribution is 5.47. The monoisotopic (exact) mass is 240 g/mol. The van der Waals surface area contributed by atoms with E-state index in [4.69, 9.17) is 0 Å². The molecule has 0 bridgehead atoms. The van der Waals surface area contributed by atoms with Gasteiger partial charge in [0.05, 0.1) is 0 Å². The number of piperidine rings is 1. The lowest BCUT2D eigenvalue weighted by Crippen LogP contribution is -2.47. The molecular formula is C13H18F2N2. The van der Waals surface area contributed by atoms with Crippen LogP contribution in [-0.2, 0) is 0 Å². The summed E-state index contributed by atoms with van der Waals surface area (Å²) < 4.78 is 26.3. The van der Waals surface area contributed by atoms with Crippen LogP contribution in [-0.4, -0.2) is 26.2 Å². The zero-order chi connectivity index (χ0) is 12.4. The van der Waals surface area contributed by atoms with Crippen LogP contribution in [0, 0.1) is 17.6 Å². The van der Waals surface area contributed by atoms with Crippen LogP contribution in [0.2, 0.25) is 0 Å². The fraction of sp³-hybridized carbons (Fsp3) is 0.538. The molecule has 0 spiro atoms. The zero-order valence-corrected chi connectivity index (χ0v) is 10.2. The summed E-state index contributed by atoms with van der Waals surface area (Å²) in [5.74, 6) is -0.549. The second-order valence-corrected chi connectivity index (χ2v) is 4.73. The number of nitrogens with zero attached hydrogens (tertiary/aromatic N) is 1. The van der Waals surface area contributed by atoms with E-state index >= 15 is 0 Å². The number of hydrogen-bond donors (Lipinski definition) is 1. The average Bonchev–Trinajstić information content (AvgIpc) is 2.27. The van der Waals surface area contributed by atoms with Crippen molar-refractivity contribution in [2.75, 3.05) is 25.0 Å². The lowest BCUT2D eigenvalue weighted by atomic mass is 9.93. The Kier molecular flexibility index (Phi) is 3.62. The third-order valence-electron chi connectivity index (χ3n) is 3.49. The molecule has 1 aromatic rings. The van der Waals surface area contributed by atoms with Gasteiger partial charge in [0, 0.05) is 30.9 Å². The third-order valence-corrected chi connectivity index (χ3v) is 3.49. The van der Waals surface area contributed by atoms with Crippen molar-refractivity contribution in [2.24, 2.45) is 5.92 Å². The molecule has 0 saturated carbocycles. The minimum absolute atomic E-state index is 0.472. The molecule has 2 rings (SSSR count). The predicted octanol–water partition coefficient (Wildman–Crippen LogP) is 2.40. The molecule has 1 N–H and O–H groups in total. The van der Waals surface area contributed by atoms with Gasteiger partial charge >= 0.3 is 0 Å². The Balaban J connectivity index is 2.13. The molecule has 1 aromatic carbocycles. The first-order valence-corrected chi connectivity index (χ1v) is 5.98. The fourth-order valence-electron chi connectivity index (χ4n) is 2.53. The molecule has 2 unspecified atom stereocenters. The lowest BCUT2D eigenvalue weighted by molar-refractivity contribution is 0.338. The van der Waals surface area contributed by atoms with E-state index in [0.29, 0.717) is 17.6 Å². The van der Waals surface area contributed by atoms with Gasteiger partial charge in [-0.25, -0.2) is 8.78 Å². The molecule has 1 aliphatic rings.